The highest BCUT2D eigenvalue weighted by atomic mass is 16.5. The molecule has 0 aromatic heterocycles. The van der Waals surface area contributed by atoms with Gasteiger partial charge in [-0.3, -0.25) is 0 Å². The van der Waals surface area contributed by atoms with Gasteiger partial charge in [-0.25, -0.2) is 0 Å². The van der Waals surface area contributed by atoms with Crippen molar-refractivity contribution >= 4 is 0 Å². The van der Waals surface area contributed by atoms with E-state index in [2.05, 4.69) is 72.7 Å². The molecule has 0 amide bonds. The fourth-order valence-corrected chi connectivity index (χ4v) is 4.19. The molecule has 1 aliphatic rings. The zero-order chi connectivity index (χ0) is 21.5. The Kier molecular flexibility index (Phi) is 8.79. The van der Waals surface area contributed by atoms with Crippen molar-refractivity contribution in [3.63, 3.8) is 0 Å². The lowest BCUT2D eigenvalue weighted by Crippen LogP contribution is -2.43. The second-order valence-electron chi connectivity index (χ2n) is 11.9. The van der Waals surface area contributed by atoms with Crippen LogP contribution in [0, 0.1) is 16.2 Å². The van der Waals surface area contributed by atoms with Crippen LogP contribution >= 0.6 is 0 Å². The number of ether oxygens (including phenoxy) is 2. The maximum absolute atomic E-state index is 5.82. The van der Waals surface area contributed by atoms with Gasteiger partial charge in [0.15, 0.2) is 0 Å². The van der Waals surface area contributed by atoms with Gasteiger partial charge in [0.05, 0.1) is 19.8 Å². The molecule has 1 atom stereocenters. The smallest absolute Gasteiger partial charge is 0.0564 e. The number of hydrogen-bond donors (Lipinski definition) is 0. The summed E-state index contributed by atoms with van der Waals surface area (Å²) in [7, 11) is 0. The number of hydrogen-bond acceptors (Lipinski definition) is 2. The van der Waals surface area contributed by atoms with Crippen LogP contribution in [-0.2, 0) is 15.9 Å². The Labute approximate surface area is 180 Å². The maximum atomic E-state index is 5.82. The molecule has 0 saturated carbocycles. The van der Waals surface area contributed by atoms with Gasteiger partial charge in [-0.2, -0.15) is 0 Å². The minimum atomic E-state index is 0.283. The van der Waals surface area contributed by atoms with E-state index in [0.717, 1.165) is 26.4 Å². The van der Waals surface area contributed by atoms with Crippen LogP contribution in [0.1, 0.15) is 97.6 Å². The first-order chi connectivity index (χ1) is 13.5. The first kappa shape index (κ1) is 24.4. The summed E-state index contributed by atoms with van der Waals surface area (Å²) >= 11 is 0. The molecular formula is C27H46O2. The Morgan fingerprint density at radius 2 is 1.55 bits per heavy atom. The van der Waals surface area contributed by atoms with Gasteiger partial charge < -0.3 is 9.47 Å². The molecule has 1 unspecified atom stereocenters. The Hall–Kier alpha value is -0.860. The van der Waals surface area contributed by atoms with Gasteiger partial charge in [0.25, 0.3) is 0 Å². The first-order valence-corrected chi connectivity index (χ1v) is 11.7. The van der Waals surface area contributed by atoms with E-state index in [1.54, 1.807) is 0 Å². The van der Waals surface area contributed by atoms with E-state index < -0.39 is 0 Å². The van der Waals surface area contributed by atoms with E-state index >= 15 is 0 Å². The number of benzene rings is 1. The summed E-state index contributed by atoms with van der Waals surface area (Å²) < 4.78 is 11.1. The molecule has 2 rings (SSSR count). The van der Waals surface area contributed by atoms with Crippen molar-refractivity contribution < 1.29 is 9.47 Å². The second kappa shape index (κ2) is 10.4. The van der Waals surface area contributed by atoms with Crippen molar-refractivity contribution in [3.05, 3.63) is 35.4 Å². The molecule has 1 aromatic rings. The van der Waals surface area contributed by atoms with Crippen molar-refractivity contribution in [3.8, 4) is 0 Å². The predicted octanol–water partition coefficient (Wildman–Crippen LogP) is 7.41. The minimum absolute atomic E-state index is 0.283. The van der Waals surface area contributed by atoms with Gasteiger partial charge >= 0.3 is 0 Å². The average Bonchev–Trinajstić information content (AvgIpc) is 2.59. The zero-order valence-corrected chi connectivity index (χ0v) is 20.3. The standard InChI is InChI=1S/C27H46O2/c1-25(2,3)18-24(26(4,5)6)23-15-13-22(14-16-23)12-10-8-9-11-17-28-19-27(7)20-29-21-27/h13-16,24H,8-12,17-21H2,1-7H3. The fraction of sp³-hybridized carbons (Fsp3) is 0.778. The van der Waals surface area contributed by atoms with Crippen molar-refractivity contribution in [2.24, 2.45) is 16.2 Å². The highest BCUT2D eigenvalue weighted by Crippen LogP contribution is 2.43. The molecule has 29 heavy (non-hydrogen) atoms. The number of aryl methyl sites for hydroxylation is 1. The van der Waals surface area contributed by atoms with Crippen LogP contribution in [0.3, 0.4) is 0 Å². The molecule has 2 heteroatoms. The fourth-order valence-electron chi connectivity index (χ4n) is 4.19. The molecule has 2 nitrogen and oxygen atoms in total. The van der Waals surface area contributed by atoms with Gasteiger partial charge in [0.2, 0.25) is 0 Å². The molecule has 1 heterocycles. The molecule has 166 valence electrons. The largest absolute Gasteiger partial charge is 0.381 e. The summed E-state index contributed by atoms with van der Waals surface area (Å²) in [6.07, 6.45) is 7.43. The van der Waals surface area contributed by atoms with Crippen LogP contribution in [0.4, 0.5) is 0 Å². The van der Waals surface area contributed by atoms with Gasteiger partial charge in [0.1, 0.15) is 0 Å². The van der Waals surface area contributed by atoms with E-state index in [0.29, 0.717) is 16.7 Å². The van der Waals surface area contributed by atoms with E-state index in [1.165, 1.54) is 49.7 Å². The van der Waals surface area contributed by atoms with Crippen molar-refractivity contribution in [1.29, 1.82) is 0 Å². The lowest BCUT2D eigenvalue weighted by atomic mass is 9.69. The van der Waals surface area contributed by atoms with Gasteiger partial charge in [-0.05, 0) is 53.6 Å². The highest BCUT2D eigenvalue weighted by molar-refractivity contribution is 5.27. The summed E-state index contributed by atoms with van der Waals surface area (Å²) in [5.41, 5.74) is 3.90. The molecular weight excluding hydrogens is 356 g/mol. The Morgan fingerprint density at radius 1 is 0.931 bits per heavy atom. The van der Waals surface area contributed by atoms with E-state index in [9.17, 15) is 0 Å². The Bertz CT molecular complexity index is 584. The third-order valence-corrected chi connectivity index (χ3v) is 6.10. The first-order valence-electron chi connectivity index (χ1n) is 11.7. The van der Waals surface area contributed by atoms with E-state index in [4.69, 9.17) is 9.47 Å². The van der Waals surface area contributed by atoms with Crippen LogP contribution in [0.25, 0.3) is 0 Å². The third kappa shape index (κ3) is 8.80. The van der Waals surface area contributed by atoms with Crippen LogP contribution in [0.15, 0.2) is 24.3 Å². The molecule has 0 bridgehead atoms. The maximum Gasteiger partial charge on any atom is 0.0564 e. The quantitative estimate of drug-likeness (QED) is 0.359. The Balaban J connectivity index is 1.67. The van der Waals surface area contributed by atoms with Gasteiger partial charge in [-0.15, -0.1) is 0 Å². The van der Waals surface area contributed by atoms with Crippen molar-refractivity contribution in [2.75, 3.05) is 26.4 Å². The summed E-state index contributed by atoms with van der Waals surface area (Å²) in [5.74, 6) is 0.602. The average molecular weight is 403 g/mol. The number of rotatable bonds is 11. The molecule has 0 radical (unpaired) electrons. The highest BCUT2D eigenvalue weighted by Gasteiger charge is 2.33. The lowest BCUT2D eigenvalue weighted by molar-refractivity contribution is -0.137. The third-order valence-electron chi connectivity index (χ3n) is 6.10. The molecule has 1 fully saturated rings. The van der Waals surface area contributed by atoms with Crippen molar-refractivity contribution in [1.82, 2.24) is 0 Å². The van der Waals surface area contributed by atoms with Crippen LogP contribution in [0.2, 0.25) is 0 Å². The minimum Gasteiger partial charge on any atom is -0.381 e. The monoisotopic (exact) mass is 402 g/mol. The molecule has 1 saturated heterocycles. The number of unbranched alkanes of at least 4 members (excludes halogenated alkanes) is 3. The SMILES string of the molecule is CC(C)(C)CC(c1ccc(CCCCCCOCC2(C)COC2)cc1)C(C)(C)C. The second-order valence-corrected chi connectivity index (χ2v) is 11.9. The summed E-state index contributed by atoms with van der Waals surface area (Å²) in [6.45, 7) is 19.9. The van der Waals surface area contributed by atoms with Crippen molar-refractivity contribution in [2.45, 2.75) is 92.9 Å². The Morgan fingerprint density at radius 3 is 2.07 bits per heavy atom. The molecule has 0 N–H and O–H groups in total. The summed E-state index contributed by atoms with van der Waals surface area (Å²) in [6, 6.07) is 9.49. The van der Waals surface area contributed by atoms with E-state index in [-0.39, 0.29) is 5.41 Å². The molecule has 0 spiro atoms. The lowest BCUT2D eigenvalue weighted by Gasteiger charge is -2.37. The van der Waals surface area contributed by atoms with Gasteiger partial charge in [0, 0.05) is 12.0 Å². The van der Waals surface area contributed by atoms with Crippen LogP contribution in [0.5, 0.6) is 0 Å². The molecule has 1 aliphatic heterocycles. The summed E-state index contributed by atoms with van der Waals surface area (Å²) in [4.78, 5) is 0. The van der Waals surface area contributed by atoms with Crippen LogP contribution < -0.4 is 0 Å². The predicted molar refractivity (Wildman–Crippen MR) is 125 cm³/mol. The molecule has 0 aliphatic carbocycles. The van der Waals surface area contributed by atoms with E-state index in [1.807, 2.05) is 0 Å². The topological polar surface area (TPSA) is 18.5 Å². The van der Waals surface area contributed by atoms with Crippen LogP contribution in [-0.4, -0.2) is 26.4 Å². The molecule has 1 aromatic carbocycles. The van der Waals surface area contributed by atoms with Gasteiger partial charge in [-0.1, -0.05) is 85.6 Å². The zero-order valence-electron chi connectivity index (χ0n) is 20.3. The normalized spacial score (nSPS) is 17.8. The summed E-state index contributed by atoms with van der Waals surface area (Å²) in [5, 5.41) is 0.